The number of carbonyl (C=O) groups excluding carboxylic acids is 2. The number of phenolic OH excluding ortho intramolecular Hbond substituents is 1. The summed E-state index contributed by atoms with van der Waals surface area (Å²) in [4.78, 5) is 23.2. The molecule has 0 amide bonds. The van der Waals surface area contributed by atoms with E-state index in [0.29, 0.717) is 5.69 Å². The average molecular weight is 329 g/mol. The van der Waals surface area contributed by atoms with Gasteiger partial charge in [-0.3, -0.25) is 9.59 Å². The van der Waals surface area contributed by atoms with Gasteiger partial charge in [-0.25, -0.2) is 0 Å². The van der Waals surface area contributed by atoms with Crippen molar-refractivity contribution in [2.75, 3.05) is 5.73 Å². The molecule has 0 radical (unpaired) electrons. The van der Waals surface area contributed by atoms with Gasteiger partial charge in [0.05, 0.1) is 12.8 Å². The monoisotopic (exact) mass is 329 g/mol. The minimum atomic E-state index is -0.479. The van der Waals surface area contributed by atoms with E-state index in [4.69, 9.17) is 20.3 Å². The number of aromatic hydroxyl groups is 1. The fourth-order valence-corrected chi connectivity index (χ4v) is 1.88. The Morgan fingerprint density at radius 3 is 1.67 bits per heavy atom. The molecule has 6 nitrogen and oxygen atoms in total. The molecule has 0 saturated heterocycles. The molecule has 0 saturated carbocycles. The molecule has 6 heteroatoms. The number of nitrogens with two attached hydrogens (primary N) is 1. The van der Waals surface area contributed by atoms with Gasteiger partial charge >= 0.3 is 11.9 Å². The van der Waals surface area contributed by atoms with Gasteiger partial charge in [-0.15, -0.1) is 0 Å². The lowest BCUT2D eigenvalue weighted by Gasteiger charge is -2.06. The van der Waals surface area contributed by atoms with E-state index in [9.17, 15) is 9.59 Å². The molecule has 0 spiro atoms. The molecule has 0 atom stereocenters. The SMILES string of the molecule is Nc1ccc(COC(=O)CCC(=O)OCc2ccc(O)cc2)cc1. The van der Waals surface area contributed by atoms with Crippen molar-refractivity contribution in [3.8, 4) is 5.75 Å². The highest BCUT2D eigenvalue weighted by Crippen LogP contribution is 2.11. The van der Waals surface area contributed by atoms with Gasteiger partial charge in [-0.2, -0.15) is 0 Å². The summed E-state index contributed by atoms with van der Waals surface area (Å²) in [6.07, 6.45) is -0.0813. The number of esters is 2. The molecule has 0 heterocycles. The molecule has 0 fully saturated rings. The summed E-state index contributed by atoms with van der Waals surface area (Å²) in [6, 6.07) is 13.3. The third kappa shape index (κ3) is 6.00. The summed E-state index contributed by atoms with van der Waals surface area (Å²) in [5.41, 5.74) is 7.79. The molecule has 0 aliphatic heterocycles. The van der Waals surface area contributed by atoms with Gasteiger partial charge < -0.3 is 20.3 Å². The van der Waals surface area contributed by atoms with E-state index in [0.717, 1.165) is 11.1 Å². The maximum atomic E-state index is 11.6. The number of phenols is 1. The molecule has 2 rings (SSSR count). The first-order valence-corrected chi connectivity index (χ1v) is 7.46. The van der Waals surface area contributed by atoms with Crippen LogP contribution in [0.15, 0.2) is 48.5 Å². The highest BCUT2D eigenvalue weighted by atomic mass is 16.5. The predicted molar refractivity (Wildman–Crippen MR) is 87.8 cm³/mol. The zero-order chi connectivity index (χ0) is 17.4. The van der Waals surface area contributed by atoms with Gasteiger partial charge in [0.25, 0.3) is 0 Å². The van der Waals surface area contributed by atoms with Crippen LogP contribution in [0, 0.1) is 0 Å². The lowest BCUT2D eigenvalue weighted by atomic mass is 10.2. The summed E-state index contributed by atoms with van der Waals surface area (Å²) >= 11 is 0. The van der Waals surface area contributed by atoms with Crippen molar-refractivity contribution in [2.45, 2.75) is 26.1 Å². The topological polar surface area (TPSA) is 98.9 Å². The number of hydrogen-bond acceptors (Lipinski definition) is 6. The first kappa shape index (κ1) is 17.3. The highest BCUT2D eigenvalue weighted by molar-refractivity contribution is 5.77. The quantitative estimate of drug-likeness (QED) is 0.598. The van der Waals surface area contributed by atoms with Crippen LogP contribution in [0.4, 0.5) is 5.69 Å². The molecule has 2 aromatic rings. The molecule has 0 aliphatic carbocycles. The Labute approximate surface area is 139 Å². The van der Waals surface area contributed by atoms with E-state index in [-0.39, 0.29) is 31.8 Å². The fraction of sp³-hybridized carbons (Fsp3) is 0.222. The lowest BCUT2D eigenvalue weighted by Crippen LogP contribution is -2.10. The molecule has 24 heavy (non-hydrogen) atoms. The van der Waals surface area contributed by atoms with Crippen LogP contribution < -0.4 is 5.73 Å². The van der Waals surface area contributed by atoms with Crippen molar-refractivity contribution in [2.24, 2.45) is 0 Å². The van der Waals surface area contributed by atoms with E-state index in [1.807, 2.05) is 0 Å². The van der Waals surface area contributed by atoms with E-state index >= 15 is 0 Å². The van der Waals surface area contributed by atoms with Crippen LogP contribution in [-0.4, -0.2) is 17.0 Å². The summed E-state index contributed by atoms with van der Waals surface area (Å²) < 4.78 is 10.1. The number of ether oxygens (including phenoxy) is 2. The van der Waals surface area contributed by atoms with Gasteiger partial charge in [0.15, 0.2) is 0 Å². The minimum Gasteiger partial charge on any atom is -0.508 e. The fourth-order valence-electron chi connectivity index (χ4n) is 1.88. The van der Waals surface area contributed by atoms with Crippen LogP contribution in [0.25, 0.3) is 0 Å². The second kappa shape index (κ2) is 8.57. The molecule has 126 valence electrons. The van der Waals surface area contributed by atoms with Gasteiger partial charge in [0.2, 0.25) is 0 Å². The molecule has 0 bridgehead atoms. The molecule has 0 unspecified atom stereocenters. The Kier molecular flexibility index (Phi) is 6.19. The third-order valence-corrected chi connectivity index (χ3v) is 3.25. The van der Waals surface area contributed by atoms with Crippen molar-refractivity contribution in [3.05, 3.63) is 59.7 Å². The van der Waals surface area contributed by atoms with Crippen LogP contribution in [0.2, 0.25) is 0 Å². The standard InChI is InChI=1S/C18H19NO5/c19-15-5-1-13(2-6-15)11-23-17(21)9-10-18(22)24-12-14-3-7-16(20)8-4-14/h1-8,20H,9-12,19H2. The van der Waals surface area contributed by atoms with E-state index in [1.165, 1.54) is 12.1 Å². The maximum Gasteiger partial charge on any atom is 0.306 e. The summed E-state index contributed by atoms with van der Waals surface area (Å²) in [6.45, 7) is 0.237. The van der Waals surface area contributed by atoms with Crippen LogP contribution >= 0.6 is 0 Å². The first-order valence-electron chi connectivity index (χ1n) is 7.46. The third-order valence-electron chi connectivity index (χ3n) is 3.25. The first-order chi connectivity index (χ1) is 11.5. The Bertz CT molecular complexity index is 618. The zero-order valence-electron chi connectivity index (χ0n) is 13.1. The Morgan fingerprint density at radius 1 is 0.792 bits per heavy atom. The summed E-state index contributed by atoms with van der Waals surface area (Å²) in [5, 5.41) is 9.16. The normalized spacial score (nSPS) is 10.2. The average Bonchev–Trinajstić information content (AvgIpc) is 2.59. The van der Waals surface area contributed by atoms with Crippen LogP contribution in [0.1, 0.15) is 24.0 Å². The van der Waals surface area contributed by atoms with Crippen molar-refractivity contribution >= 4 is 17.6 Å². The Morgan fingerprint density at radius 2 is 1.21 bits per heavy atom. The number of nitrogen functional groups attached to an aromatic ring is 1. The van der Waals surface area contributed by atoms with Crippen LogP contribution in [-0.2, 0) is 32.3 Å². The van der Waals surface area contributed by atoms with Crippen LogP contribution in [0.5, 0.6) is 5.75 Å². The summed E-state index contributed by atoms with van der Waals surface area (Å²) in [5.74, 6) is -0.796. The van der Waals surface area contributed by atoms with Crippen molar-refractivity contribution in [3.63, 3.8) is 0 Å². The number of carbonyl (C=O) groups is 2. The molecule has 0 aromatic heterocycles. The Balaban J connectivity index is 1.64. The number of benzene rings is 2. The minimum absolute atomic E-state index is 0.0383. The zero-order valence-corrected chi connectivity index (χ0v) is 13.1. The smallest absolute Gasteiger partial charge is 0.306 e. The lowest BCUT2D eigenvalue weighted by molar-refractivity contribution is -0.151. The van der Waals surface area contributed by atoms with Crippen molar-refractivity contribution in [1.29, 1.82) is 0 Å². The largest absolute Gasteiger partial charge is 0.508 e. The van der Waals surface area contributed by atoms with Crippen LogP contribution in [0.3, 0.4) is 0 Å². The second-order valence-corrected chi connectivity index (χ2v) is 5.23. The van der Waals surface area contributed by atoms with Gasteiger partial charge in [0, 0.05) is 5.69 Å². The molecule has 2 aromatic carbocycles. The molecule has 3 N–H and O–H groups in total. The predicted octanol–water partition coefficient (Wildman–Crippen LogP) is 2.54. The molecular formula is C18H19NO5. The number of rotatable bonds is 7. The van der Waals surface area contributed by atoms with Crippen molar-refractivity contribution in [1.82, 2.24) is 0 Å². The van der Waals surface area contributed by atoms with E-state index in [1.54, 1.807) is 36.4 Å². The highest BCUT2D eigenvalue weighted by Gasteiger charge is 2.10. The summed E-state index contributed by atoms with van der Waals surface area (Å²) in [7, 11) is 0. The number of hydrogen-bond donors (Lipinski definition) is 2. The van der Waals surface area contributed by atoms with E-state index in [2.05, 4.69) is 0 Å². The number of anilines is 1. The second-order valence-electron chi connectivity index (χ2n) is 5.23. The maximum absolute atomic E-state index is 11.6. The van der Waals surface area contributed by atoms with Gasteiger partial charge in [0.1, 0.15) is 19.0 Å². The van der Waals surface area contributed by atoms with E-state index < -0.39 is 11.9 Å². The molecular weight excluding hydrogens is 310 g/mol. The van der Waals surface area contributed by atoms with Crippen molar-refractivity contribution < 1.29 is 24.2 Å². The van der Waals surface area contributed by atoms with Gasteiger partial charge in [-0.05, 0) is 35.4 Å². The van der Waals surface area contributed by atoms with Gasteiger partial charge in [-0.1, -0.05) is 24.3 Å². The molecule has 0 aliphatic rings. The Hall–Kier alpha value is -3.02.